The lowest BCUT2D eigenvalue weighted by atomic mass is 10.1. The maximum Gasteiger partial charge on any atom is 0.137 e. The van der Waals surface area contributed by atoms with Gasteiger partial charge < -0.3 is 14.8 Å². The van der Waals surface area contributed by atoms with Crippen LogP contribution in [0.3, 0.4) is 0 Å². The number of nitrogens with one attached hydrogen (secondary N) is 1. The van der Waals surface area contributed by atoms with Gasteiger partial charge in [-0.1, -0.05) is 0 Å². The van der Waals surface area contributed by atoms with Crippen molar-refractivity contribution in [2.24, 2.45) is 0 Å². The summed E-state index contributed by atoms with van der Waals surface area (Å²) in [5.41, 5.74) is 0.811. The van der Waals surface area contributed by atoms with Crippen molar-refractivity contribution in [1.82, 2.24) is 5.32 Å². The molecule has 0 bridgehead atoms. The third-order valence-electron chi connectivity index (χ3n) is 3.09. The van der Waals surface area contributed by atoms with Gasteiger partial charge in [-0.25, -0.2) is 4.39 Å². The standard InChI is InChI=1S/C13H18FNO2/c1-9-7-10(14)3-4-12(9)17-13-8-16-6-5-11(13)15-2/h3-4,7,11,13,15H,5-6,8H2,1-2H3. The highest BCUT2D eigenvalue weighted by atomic mass is 19.1. The molecule has 1 aromatic carbocycles. The molecule has 0 radical (unpaired) electrons. The Morgan fingerprint density at radius 1 is 1.47 bits per heavy atom. The second-order valence-electron chi connectivity index (χ2n) is 4.32. The number of aryl methyl sites for hydroxylation is 1. The van der Waals surface area contributed by atoms with Gasteiger partial charge in [0.2, 0.25) is 0 Å². The summed E-state index contributed by atoms with van der Waals surface area (Å²) in [6, 6.07) is 4.85. The van der Waals surface area contributed by atoms with Crippen LogP contribution in [0.4, 0.5) is 4.39 Å². The predicted octanol–water partition coefficient (Wildman–Crippen LogP) is 1.89. The van der Waals surface area contributed by atoms with E-state index in [1.165, 1.54) is 12.1 Å². The molecule has 0 saturated carbocycles. The lowest BCUT2D eigenvalue weighted by Crippen LogP contribution is -2.48. The van der Waals surface area contributed by atoms with Crippen molar-refractivity contribution in [3.63, 3.8) is 0 Å². The predicted molar refractivity (Wildman–Crippen MR) is 63.8 cm³/mol. The Morgan fingerprint density at radius 2 is 2.29 bits per heavy atom. The first-order chi connectivity index (χ1) is 8.20. The zero-order valence-corrected chi connectivity index (χ0v) is 10.2. The van der Waals surface area contributed by atoms with E-state index in [1.54, 1.807) is 6.07 Å². The molecule has 0 amide bonds. The van der Waals surface area contributed by atoms with Gasteiger partial charge in [-0.15, -0.1) is 0 Å². The molecule has 0 spiro atoms. The Kier molecular flexibility index (Phi) is 3.97. The Labute approximate surface area is 101 Å². The van der Waals surface area contributed by atoms with E-state index in [-0.39, 0.29) is 18.0 Å². The summed E-state index contributed by atoms with van der Waals surface area (Å²) in [6.07, 6.45) is 0.916. The largest absolute Gasteiger partial charge is 0.486 e. The van der Waals surface area contributed by atoms with Crippen LogP contribution in [0.5, 0.6) is 5.75 Å². The molecule has 3 nitrogen and oxygen atoms in total. The van der Waals surface area contributed by atoms with Crippen molar-refractivity contribution in [2.75, 3.05) is 20.3 Å². The first-order valence-electron chi connectivity index (χ1n) is 5.88. The molecule has 94 valence electrons. The van der Waals surface area contributed by atoms with Crippen LogP contribution in [-0.4, -0.2) is 32.4 Å². The summed E-state index contributed by atoms with van der Waals surface area (Å²) in [5.74, 6) is 0.488. The number of likely N-dealkylation sites (N-methyl/N-ethyl adjacent to an activating group) is 1. The van der Waals surface area contributed by atoms with E-state index in [4.69, 9.17) is 9.47 Å². The van der Waals surface area contributed by atoms with Crippen LogP contribution in [0.15, 0.2) is 18.2 Å². The first kappa shape index (κ1) is 12.3. The van der Waals surface area contributed by atoms with Crippen LogP contribution in [0.1, 0.15) is 12.0 Å². The highest BCUT2D eigenvalue weighted by Gasteiger charge is 2.26. The topological polar surface area (TPSA) is 30.5 Å². The molecule has 1 saturated heterocycles. The van der Waals surface area contributed by atoms with Gasteiger partial charge in [0.1, 0.15) is 17.7 Å². The van der Waals surface area contributed by atoms with Gasteiger partial charge in [0, 0.05) is 12.6 Å². The van der Waals surface area contributed by atoms with E-state index in [1.807, 2.05) is 14.0 Å². The average molecular weight is 239 g/mol. The Morgan fingerprint density at radius 3 is 3.00 bits per heavy atom. The number of halogens is 1. The fourth-order valence-corrected chi connectivity index (χ4v) is 2.07. The lowest BCUT2D eigenvalue weighted by Gasteiger charge is -2.32. The van der Waals surface area contributed by atoms with Crippen LogP contribution < -0.4 is 10.1 Å². The second-order valence-corrected chi connectivity index (χ2v) is 4.32. The van der Waals surface area contributed by atoms with Gasteiger partial charge in [0.25, 0.3) is 0 Å². The fraction of sp³-hybridized carbons (Fsp3) is 0.538. The first-order valence-corrected chi connectivity index (χ1v) is 5.88. The normalized spacial score (nSPS) is 24.6. The summed E-state index contributed by atoms with van der Waals surface area (Å²) in [4.78, 5) is 0. The van der Waals surface area contributed by atoms with Gasteiger partial charge in [-0.3, -0.25) is 0 Å². The molecular weight excluding hydrogens is 221 g/mol. The quantitative estimate of drug-likeness (QED) is 0.873. The molecule has 2 rings (SSSR count). The Hall–Kier alpha value is -1.13. The molecule has 1 aromatic rings. The van der Waals surface area contributed by atoms with Gasteiger partial charge in [-0.2, -0.15) is 0 Å². The smallest absolute Gasteiger partial charge is 0.137 e. The number of ether oxygens (including phenoxy) is 2. The van der Waals surface area contributed by atoms with Crippen molar-refractivity contribution in [3.05, 3.63) is 29.6 Å². The van der Waals surface area contributed by atoms with Crippen molar-refractivity contribution >= 4 is 0 Å². The number of rotatable bonds is 3. The highest BCUT2D eigenvalue weighted by molar-refractivity contribution is 5.32. The molecule has 1 aliphatic heterocycles. The molecule has 4 heteroatoms. The van der Waals surface area contributed by atoms with Crippen LogP contribution >= 0.6 is 0 Å². The lowest BCUT2D eigenvalue weighted by molar-refractivity contribution is -0.0132. The zero-order valence-electron chi connectivity index (χ0n) is 10.2. The van der Waals surface area contributed by atoms with Crippen molar-refractivity contribution in [2.45, 2.75) is 25.5 Å². The maximum absolute atomic E-state index is 13.0. The minimum absolute atomic E-state index is 0.0158. The zero-order chi connectivity index (χ0) is 12.3. The molecule has 1 heterocycles. The summed E-state index contributed by atoms with van der Waals surface area (Å²) >= 11 is 0. The minimum Gasteiger partial charge on any atom is -0.486 e. The van der Waals surface area contributed by atoms with Gasteiger partial charge in [-0.05, 0) is 44.2 Å². The number of hydrogen-bond acceptors (Lipinski definition) is 3. The third kappa shape index (κ3) is 2.96. The van der Waals surface area contributed by atoms with Crippen molar-refractivity contribution < 1.29 is 13.9 Å². The third-order valence-corrected chi connectivity index (χ3v) is 3.09. The molecular formula is C13H18FNO2. The fourth-order valence-electron chi connectivity index (χ4n) is 2.07. The molecule has 1 fully saturated rings. The molecule has 17 heavy (non-hydrogen) atoms. The monoisotopic (exact) mass is 239 g/mol. The van der Waals surface area contributed by atoms with E-state index < -0.39 is 0 Å². The minimum atomic E-state index is -0.236. The molecule has 1 N–H and O–H groups in total. The summed E-state index contributed by atoms with van der Waals surface area (Å²) in [7, 11) is 1.92. The highest BCUT2D eigenvalue weighted by Crippen LogP contribution is 2.22. The summed E-state index contributed by atoms with van der Waals surface area (Å²) in [5, 5.41) is 3.23. The van der Waals surface area contributed by atoms with Crippen LogP contribution in [0, 0.1) is 12.7 Å². The average Bonchev–Trinajstić information content (AvgIpc) is 2.33. The second kappa shape index (κ2) is 5.47. The molecule has 2 atom stereocenters. The molecule has 1 aliphatic rings. The van der Waals surface area contributed by atoms with Crippen molar-refractivity contribution in [1.29, 1.82) is 0 Å². The maximum atomic E-state index is 13.0. The van der Waals surface area contributed by atoms with Crippen LogP contribution in [-0.2, 0) is 4.74 Å². The number of hydrogen-bond donors (Lipinski definition) is 1. The van der Waals surface area contributed by atoms with Gasteiger partial charge in [0.15, 0.2) is 0 Å². The van der Waals surface area contributed by atoms with Gasteiger partial charge >= 0.3 is 0 Å². The van der Waals surface area contributed by atoms with Gasteiger partial charge in [0.05, 0.1) is 6.61 Å². The van der Waals surface area contributed by atoms with Crippen molar-refractivity contribution in [3.8, 4) is 5.75 Å². The van der Waals surface area contributed by atoms with E-state index in [0.717, 1.165) is 24.3 Å². The van der Waals surface area contributed by atoms with Crippen LogP contribution in [0.25, 0.3) is 0 Å². The molecule has 2 unspecified atom stereocenters. The summed E-state index contributed by atoms with van der Waals surface area (Å²) in [6.45, 7) is 3.17. The SMILES string of the molecule is CNC1CCOCC1Oc1ccc(F)cc1C. The van der Waals surface area contributed by atoms with E-state index in [2.05, 4.69) is 5.32 Å². The van der Waals surface area contributed by atoms with E-state index in [0.29, 0.717) is 6.61 Å². The Bertz CT molecular complexity index is 384. The number of benzene rings is 1. The van der Waals surface area contributed by atoms with E-state index in [9.17, 15) is 4.39 Å². The summed E-state index contributed by atoms with van der Waals surface area (Å²) < 4.78 is 24.3. The molecule has 0 aliphatic carbocycles. The van der Waals surface area contributed by atoms with Crippen LogP contribution in [0.2, 0.25) is 0 Å². The Balaban J connectivity index is 2.08. The van der Waals surface area contributed by atoms with E-state index >= 15 is 0 Å². The molecule has 0 aromatic heterocycles.